The second-order valence-corrected chi connectivity index (χ2v) is 5.85. The van der Waals surface area contributed by atoms with Crippen LogP contribution in [-0.2, 0) is 11.3 Å². The van der Waals surface area contributed by atoms with Crippen LogP contribution in [0.2, 0.25) is 0 Å². The van der Waals surface area contributed by atoms with Crippen LogP contribution in [0, 0.1) is 0 Å². The molecular weight excluding hydrogens is 346 g/mol. The summed E-state index contributed by atoms with van der Waals surface area (Å²) in [5.41, 5.74) is 1.07. The Kier molecular flexibility index (Phi) is 4.40. The first-order valence-electron chi connectivity index (χ1n) is 8.25. The molecule has 1 amide bonds. The number of rotatable bonds is 5. The number of amides is 1. The fourth-order valence-electron chi connectivity index (χ4n) is 2.83. The van der Waals surface area contributed by atoms with Crippen LogP contribution in [0.1, 0.15) is 17.4 Å². The molecule has 0 radical (unpaired) electrons. The molecular formula is C18H15N7O2. The van der Waals surface area contributed by atoms with E-state index >= 15 is 0 Å². The summed E-state index contributed by atoms with van der Waals surface area (Å²) in [6, 6.07) is 15.5. The van der Waals surface area contributed by atoms with Gasteiger partial charge in [0, 0.05) is 0 Å². The van der Waals surface area contributed by atoms with Gasteiger partial charge in [-0.2, -0.15) is 0 Å². The van der Waals surface area contributed by atoms with Crippen molar-refractivity contribution in [1.82, 2.24) is 35.5 Å². The van der Waals surface area contributed by atoms with Crippen molar-refractivity contribution >= 4 is 16.8 Å². The fraction of sp³-hybridized carbons (Fsp3) is 0.111. The molecule has 4 aromatic rings. The van der Waals surface area contributed by atoms with Crippen LogP contribution in [0.3, 0.4) is 0 Å². The van der Waals surface area contributed by atoms with Gasteiger partial charge in [0.2, 0.25) is 5.91 Å². The summed E-state index contributed by atoms with van der Waals surface area (Å²) < 4.78 is 1.38. The molecule has 27 heavy (non-hydrogen) atoms. The zero-order chi connectivity index (χ0) is 18.6. The average molecular weight is 361 g/mol. The first kappa shape index (κ1) is 16.6. The van der Waals surface area contributed by atoms with Crippen LogP contribution in [0.25, 0.3) is 10.9 Å². The number of fused-ring (bicyclic) bond motifs is 1. The molecule has 0 unspecified atom stereocenters. The van der Waals surface area contributed by atoms with Gasteiger partial charge in [-0.3, -0.25) is 9.59 Å². The highest BCUT2D eigenvalue weighted by molar-refractivity contribution is 5.83. The van der Waals surface area contributed by atoms with Crippen molar-refractivity contribution < 1.29 is 4.79 Å². The van der Waals surface area contributed by atoms with Gasteiger partial charge in [0.1, 0.15) is 12.2 Å². The van der Waals surface area contributed by atoms with Crippen molar-refractivity contribution in [2.24, 2.45) is 0 Å². The van der Waals surface area contributed by atoms with Crippen molar-refractivity contribution in [2.75, 3.05) is 0 Å². The summed E-state index contributed by atoms with van der Waals surface area (Å²) >= 11 is 0. The molecule has 0 aliphatic heterocycles. The summed E-state index contributed by atoms with van der Waals surface area (Å²) in [6.07, 6.45) is 1.38. The zero-order valence-corrected chi connectivity index (χ0v) is 14.1. The molecule has 1 atom stereocenters. The number of hydrogen-bond acceptors (Lipinski definition) is 6. The number of nitrogens with one attached hydrogen (secondary N) is 2. The summed E-state index contributed by atoms with van der Waals surface area (Å²) in [5, 5.41) is 14.4. The number of carbonyl (C=O) groups excluding carboxylic acids is 1. The highest BCUT2D eigenvalue weighted by atomic mass is 16.2. The quantitative estimate of drug-likeness (QED) is 0.543. The monoisotopic (exact) mass is 361 g/mol. The number of hydrogen-bond donors (Lipinski definition) is 2. The number of nitrogens with zero attached hydrogens (tertiary/aromatic N) is 5. The molecule has 0 aliphatic carbocycles. The van der Waals surface area contributed by atoms with Crippen LogP contribution in [0.5, 0.6) is 0 Å². The second kappa shape index (κ2) is 7.16. The van der Waals surface area contributed by atoms with E-state index in [1.54, 1.807) is 24.3 Å². The Hall–Kier alpha value is -3.88. The number of para-hydroxylation sites is 1. The summed E-state index contributed by atoms with van der Waals surface area (Å²) in [4.78, 5) is 32.0. The maximum atomic E-state index is 12.8. The van der Waals surface area contributed by atoms with Gasteiger partial charge >= 0.3 is 0 Å². The van der Waals surface area contributed by atoms with E-state index in [1.807, 2.05) is 30.3 Å². The van der Waals surface area contributed by atoms with E-state index in [0.717, 1.165) is 5.56 Å². The normalized spacial score (nSPS) is 12.0. The van der Waals surface area contributed by atoms with Crippen LogP contribution in [-0.4, -0.2) is 36.1 Å². The van der Waals surface area contributed by atoms with E-state index in [9.17, 15) is 9.59 Å². The van der Waals surface area contributed by atoms with E-state index in [1.165, 1.54) is 11.0 Å². The summed E-state index contributed by atoms with van der Waals surface area (Å²) in [5.74, 6) is 0.0554. The molecule has 2 aromatic heterocycles. The third-order valence-electron chi connectivity index (χ3n) is 4.09. The Morgan fingerprint density at radius 1 is 1.11 bits per heavy atom. The minimum absolute atomic E-state index is 0.0738. The largest absolute Gasteiger partial charge is 0.347 e. The number of tetrazole rings is 1. The van der Waals surface area contributed by atoms with Crippen LogP contribution >= 0.6 is 0 Å². The van der Waals surface area contributed by atoms with Gasteiger partial charge in [-0.15, -0.1) is 5.10 Å². The van der Waals surface area contributed by atoms with Crippen LogP contribution in [0.4, 0.5) is 0 Å². The average Bonchev–Trinajstić information content (AvgIpc) is 3.22. The van der Waals surface area contributed by atoms with E-state index in [4.69, 9.17) is 0 Å². The van der Waals surface area contributed by atoms with Gasteiger partial charge in [-0.1, -0.05) is 42.5 Å². The van der Waals surface area contributed by atoms with Crippen molar-refractivity contribution in [1.29, 1.82) is 0 Å². The van der Waals surface area contributed by atoms with Gasteiger partial charge in [0.15, 0.2) is 6.04 Å². The van der Waals surface area contributed by atoms with Crippen molar-refractivity contribution in [3.8, 4) is 0 Å². The maximum Gasteiger partial charge on any atom is 0.258 e. The summed E-state index contributed by atoms with van der Waals surface area (Å²) in [6.45, 7) is 0.0738. The molecule has 0 aliphatic rings. The van der Waals surface area contributed by atoms with Crippen LogP contribution in [0.15, 0.2) is 65.7 Å². The Morgan fingerprint density at radius 3 is 2.67 bits per heavy atom. The Balaban J connectivity index is 1.58. The van der Waals surface area contributed by atoms with Gasteiger partial charge in [0.25, 0.3) is 5.56 Å². The first-order valence-corrected chi connectivity index (χ1v) is 8.25. The van der Waals surface area contributed by atoms with E-state index in [2.05, 4.69) is 30.8 Å². The van der Waals surface area contributed by atoms with Crippen molar-refractivity contribution in [3.05, 3.63) is 82.7 Å². The third-order valence-corrected chi connectivity index (χ3v) is 4.09. The fourth-order valence-corrected chi connectivity index (χ4v) is 2.83. The number of aromatic amines is 1. The molecule has 0 spiro atoms. The third kappa shape index (κ3) is 3.43. The smallest absolute Gasteiger partial charge is 0.258 e. The Labute approximate surface area is 153 Å². The number of carbonyl (C=O) groups is 1. The molecule has 0 saturated heterocycles. The lowest BCUT2D eigenvalue weighted by atomic mass is 10.1. The van der Waals surface area contributed by atoms with Gasteiger partial charge in [0.05, 0.1) is 17.4 Å². The van der Waals surface area contributed by atoms with E-state index < -0.39 is 6.04 Å². The molecule has 9 heteroatoms. The Bertz CT molecular complexity index is 1120. The molecule has 0 bridgehead atoms. The van der Waals surface area contributed by atoms with E-state index in [-0.39, 0.29) is 18.0 Å². The first-order chi connectivity index (χ1) is 13.2. The lowest BCUT2D eigenvalue weighted by molar-refractivity contribution is -0.123. The number of benzene rings is 2. The predicted octanol–water partition coefficient (Wildman–Crippen LogP) is 0.815. The number of H-pyrrole nitrogens is 1. The van der Waals surface area contributed by atoms with Crippen LogP contribution < -0.4 is 10.9 Å². The van der Waals surface area contributed by atoms with Gasteiger partial charge in [-0.05, 0) is 28.1 Å². The maximum absolute atomic E-state index is 12.8. The molecule has 9 nitrogen and oxygen atoms in total. The SMILES string of the molecule is O=C(NCc1nc2ccccc2c(=O)[nH]1)[C@@H](c1ccccc1)n1cnnn1. The van der Waals surface area contributed by atoms with E-state index in [0.29, 0.717) is 16.7 Å². The molecule has 2 N–H and O–H groups in total. The predicted molar refractivity (Wildman–Crippen MR) is 96.6 cm³/mol. The molecule has 134 valence electrons. The van der Waals surface area contributed by atoms with Crippen molar-refractivity contribution in [3.63, 3.8) is 0 Å². The lowest BCUT2D eigenvalue weighted by Gasteiger charge is -2.16. The van der Waals surface area contributed by atoms with Gasteiger partial charge < -0.3 is 10.3 Å². The molecule has 2 heterocycles. The summed E-state index contributed by atoms with van der Waals surface area (Å²) in [7, 11) is 0. The minimum atomic E-state index is -0.728. The highest BCUT2D eigenvalue weighted by Gasteiger charge is 2.23. The molecule has 0 fully saturated rings. The van der Waals surface area contributed by atoms with Gasteiger partial charge in [-0.25, -0.2) is 9.67 Å². The zero-order valence-electron chi connectivity index (χ0n) is 14.1. The Morgan fingerprint density at radius 2 is 1.89 bits per heavy atom. The minimum Gasteiger partial charge on any atom is -0.347 e. The molecule has 0 saturated carbocycles. The molecule has 2 aromatic carbocycles. The standard InChI is InChI=1S/C18H15N7O2/c26-17-13-8-4-5-9-14(13)21-15(22-17)10-19-18(27)16(25-11-20-23-24-25)12-6-2-1-3-7-12/h1-9,11,16H,10H2,(H,19,27)(H,21,22,26)/t16-/m1/s1. The second-order valence-electron chi connectivity index (χ2n) is 5.85. The highest BCUT2D eigenvalue weighted by Crippen LogP contribution is 2.17. The number of aromatic nitrogens is 6. The topological polar surface area (TPSA) is 118 Å². The lowest BCUT2D eigenvalue weighted by Crippen LogP contribution is -2.34. The van der Waals surface area contributed by atoms with Crippen molar-refractivity contribution in [2.45, 2.75) is 12.6 Å². The molecule has 4 rings (SSSR count).